The van der Waals surface area contributed by atoms with E-state index in [1.165, 1.54) is 12.8 Å². The number of carbonyl (C=O) groups is 1. The molecule has 0 aromatic carbocycles. The van der Waals surface area contributed by atoms with Gasteiger partial charge in [0.25, 0.3) is 0 Å². The van der Waals surface area contributed by atoms with E-state index in [4.69, 9.17) is 10.8 Å². The van der Waals surface area contributed by atoms with Crippen molar-refractivity contribution in [2.24, 2.45) is 5.73 Å². The third kappa shape index (κ3) is 5.76. The fourth-order valence-corrected chi connectivity index (χ4v) is 2.95. The van der Waals surface area contributed by atoms with Crippen LogP contribution in [0.15, 0.2) is 0 Å². The third-order valence-corrected chi connectivity index (χ3v) is 4.38. The van der Waals surface area contributed by atoms with Gasteiger partial charge in [-0.25, -0.2) is 13.1 Å². The SMILES string of the molecule is N[C@@H](CCS(=O)(=O)NCCN1CCCC1)C(=O)O. The molecule has 0 aromatic heterocycles. The maximum absolute atomic E-state index is 11.6. The molecule has 0 unspecified atom stereocenters. The summed E-state index contributed by atoms with van der Waals surface area (Å²) in [5.41, 5.74) is 5.25. The second-order valence-electron chi connectivity index (χ2n) is 4.50. The number of carboxylic acid groups (broad SMARTS) is 1. The molecule has 4 N–H and O–H groups in total. The number of nitrogens with one attached hydrogen (secondary N) is 1. The van der Waals surface area contributed by atoms with E-state index >= 15 is 0 Å². The monoisotopic (exact) mass is 279 g/mol. The quantitative estimate of drug-likeness (QED) is 0.514. The van der Waals surface area contributed by atoms with Crippen LogP contribution in [0.5, 0.6) is 0 Å². The van der Waals surface area contributed by atoms with Crippen molar-refractivity contribution in [1.82, 2.24) is 9.62 Å². The average molecular weight is 279 g/mol. The van der Waals surface area contributed by atoms with Gasteiger partial charge in [-0.2, -0.15) is 0 Å². The highest BCUT2D eigenvalue weighted by Gasteiger charge is 2.18. The summed E-state index contributed by atoms with van der Waals surface area (Å²) >= 11 is 0. The van der Waals surface area contributed by atoms with Crippen molar-refractivity contribution in [2.45, 2.75) is 25.3 Å². The van der Waals surface area contributed by atoms with Crippen molar-refractivity contribution in [2.75, 3.05) is 31.9 Å². The summed E-state index contributed by atoms with van der Waals surface area (Å²) in [6, 6.07) is -1.12. The summed E-state index contributed by atoms with van der Waals surface area (Å²) in [6.45, 7) is 3.10. The van der Waals surface area contributed by atoms with Gasteiger partial charge in [0.2, 0.25) is 10.0 Å². The molecule has 1 atom stereocenters. The molecule has 18 heavy (non-hydrogen) atoms. The summed E-state index contributed by atoms with van der Waals surface area (Å²) in [5.74, 6) is -1.43. The first-order valence-corrected chi connectivity index (χ1v) is 7.74. The Morgan fingerprint density at radius 3 is 2.56 bits per heavy atom. The molecule has 0 amide bonds. The molecule has 1 aliphatic heterocycles. The molecule has 7 nitrogen and oxygen atoms in total. The minimum Gasteiger partial charge on any atom is -0.480 e. The zero-order chi connectivity index (χ0) is 13.6. The van der Waals surface area contributed by atoms with E-state index in [1.807, 2.05) is 0 Å². The van der Waals surface area contributed by atoms with Crippen LogP contribution in [0.1, 0.15) is 19.3 Å². The highest BCUT2D eigenvalue weighted by Crippen LogP contribution is 2.05. The summed E-state index contributed by atoms with van der Waals surface area (Å²) in [6.07, 6.45) is 2.26. The van der Waals surface area contributed by atoms with E-state index in [9.17, 15) is 13.2 Å². The lowest BCUT2D eigenvalue weighted by molar-refractivity contribution is -0.138. The molecule has 0 aliphatic carbocycles. The van der Waals surface area contributed by atoms with Crippen LogP contribution in [0.25, 0.3) is 0 Å². The first kappa shape index (κ1) is 15.4. The summed E-state index contributed by atoms with van der Waals surface area (Å²) in [5, 5.41) is 8.55. The molecule has 1 fully saturated rings. The summed E-state index contributed by atoms with van der Waals surface area (Å²) in [7, 11) is -3.42. The van der Waals surface area contributed by atoms with Crippen molar-refractivity contribution in [3.05, 3.63) is 0 Å². The van der Waals surface area contributed by atoms with Gasteiger partial charge in [0.15, 0.2) is 0 Å². The predicted octanol–water partition coefficient (Wildman–Crippen LogP) is -1.20. The molecule has 1 rings (SSSR count). The molecule has 1 saturated heterocycles. The molecule has 1 heterocycles. The smallest absolute Gasteiger partial charge is 0.320 e. The lowest BCUT2D eigenvalue weighted by Crippen LogP contribution is -2.37. The Morgan fingerprint density at radius 1 is 1.39 bits per heavy atom. The number of nitrogens with two attached hydrogens (primary N) is 1. The van der Waals surface area contributed by atoms with E-state index in [-0.39, 0.29) is 12.2 Å². The number of carboxylic acids is 1. The lowest BCUT2D eigenvalue weighted by Gasteiger charge is -2.15. The number of likely N-dealkylation sites (tertiary alicyclic amines) is 1. The zero-order valence-corrected chi connectivity index (χ0v) is 11.2. The largest absolute Gasteiger partial charge is 0.480 e. The molecule has 0 spiro atoms. The van der Waals surface area contributed by atoms with Crippen LogP contribution in [0.2, 0.25) is 0 Å². The Balaban J connectivity index is 2.20. The van der Waals surface area contributed by atoms with Crippen LogP contribution in [0, 0.1) is 0 Å². The number of rotatable bonds is 8. The lowest BCUT2D eigenvalue weighted by atomic mass is 10.2. The van der Waals surface area contributed by atoms with Crippen molar-refractivity contribution < 1.29 is 18.3 Å². The van der Waals surface area contributed by atoms with Gasteiger partial charge in [0.05, 0.1) is 5.75 Å². The number of aliphatic carboxylic acids is 1. The van der Waals surface area contributed by atoms with Gasteiger partial charge in [-0.05, 0) is 32.4 Å². The van der Waals surface area contributed by atoms with Crippen LogP contribution >= 0.6 is 0 Å². The van der Waals surface area contributed by atoms with Crippen molar-refractivity contribution in [3.63, 3.8) is 0 Å². The second-order valence-corrected chi connectivity index (χ2v) is 6.42. The highest BCUT2D eigenvalue weighted by molar-refractivity contribution is 7.89. The van der Waals surface area contributed by atoms with Crippen LogP contribution in [-0.4, -0.2) is 62.4 Å². The molecule has 106 valence electrons. The summed E-state index contributed by atoms with van der Waals surface area (Å²) < 4.78 is 25.6. The van der Waals surface area contributed by atoms with Crippen LogP contribution in [-0.2, 0) is 14.8 Å². The fourth-order valence-electron chi connectivity index (χ4n) is 1.84. The van der Waals surface area contributed by atoms with Gasteiger partial charge >= 0.3 is 5.97 Å². The van der Waals surface area contributed by atoms with E-state index in [0.29, 0.717) is 13.1 Å². The Hall–Kier alpha value is -0.700. The topological polar surface area (TPSA) is 113 Å². The Labute approximate surface area is 107 Å². The molecule has 0 radical (unpaired) electrons. The van der Waals surface area contributed by atoms with Crippen LogP contribution in [0.4, 0.5) is 0 Å². The van der Waals surface area contributed by atoms with Gasteiger partial charge < -0.3 is 15.7 Å². The van der Waals surface area contributed by atoms with Crippen LogP contribution < -0.4 is 10.5 Å². The molecule has 0 aromatic rings. The van der Waals surface area contributed by atoms with Crippen molar-refractivity contribution in [3.8, 4) is 0 Å². The summed E-state index contributed by atoms with van der Waals surface area (Å²) in [4.78, 5) is 12.7. The first-order chi connectivity index (χ1) is 8.41. The van der Waals surface area contributed by atoms with E-state index in [0.717, 1.165) is 13.1 Å². The first-order valence-electron chi connectivity index (χ1n) is 6.09. The number of sulfonamides is 1. The minimum absolute atomic E-state index is 0.0750. The van der Waals surface area contributed by atoms with Gasteiger partial charge in [-0.1, -0.05) is 0 Å². The highest BCUT2D eigenvalue weighted by atomic mass is 32.2. The fraction of sp³-hybridized carbons (Fsp3) is 0.900. The van der Waals surface area contributed by atoms with Gasteiger partial charge in [-0.15, -0.1) is 0 Å². The standard InChI is InChI=1S/C10H21N3O4S/c11-9(10(14)15)3-8-18(16,17)12-4-7-13-5-1-2-6-13/h9,12H,1-8,11H2,(H,14,15)/t9-/m0/s1. The maximum Gasteiger partial charge on any atom is 0.320 e. The number of hydrogen-bond acceptors (Lipinski definition) is 5. The third-order valence-electron chi connectivity index (χ3n) is 2.96. The van der Waals surface area contributed by atoms with E-state index in [2.05, 4.69) is 9.62 Å². The Bertz CT molecular complexity index is 365. The Kier molecular flexibility index (Phi) is 6.00. The number of hydrogen-bond donors (Lipinski definition) is 3. The number of nitrogens with zero attached hydrogens (tertiary/aromatic N) is 1. The van der Waals surface area contributed by atoms with Gasteiger partial charge in [-0.3, -0.25) is 4.79 Å². The Morgan fingerprint density at radius 2 is 2.00 bits per heavy atom. The maximum atomic E-state index is 11.6. The molecular weight excluding hydrogens is 258 g/mol. The normalized spacial score (nSPS) is 18.9. The average Bonchev–Trinajstić information content (AvgIpc) is 2.78. The van der Waals surface area contributed by atoms with Crippen molar-refractivity contribution in [1.29, 1.82) is 0 Å². The molecule has 1 aliphatic rings. The molecule has 0 saturated carbocycles. The van der Waals surface area contributed by atoms with E-state index in [1.54, 1.807) is 0 Å². The minimum atomic E-state index is -3.42. The molecule has 8 heteroatoms. The van der Waals surface area contributed by atoms with Gasteiger partial charge in [0, 0.05) is 13.1 Å². The zero-order valence-electron chi connectivity index (χ0n) is 10.3. The molecule has 0 bridgehead atoms. The van der Waals surface area contributed by atoms with E-state index < -0.39 is 22.0 Å². The van der Waals surface area contributed by atoms with Crippen molar-refractivity contribution >= 4 is 16.0 Å². The second kappa shape index (κ2) is 7.03. The van der Waals surface area contributed by atoms with Gasteiger partial charge in [0.1, 0.15) is 6.04 Å². The molecular formula is C10H21N3O4S. The van der Waals surface area contributed by atoms with Crippen LogP contribution in [0.3, 0.4) is 0 Å². The predicted molar refractivity (Wildman–Crippen MR) is 67.7 cm³/mol.